The maximum atomic E-state index is 14.1. The highest BCUT2D eigenvalue weighted by atomic mass is 79.9. The zero-order chi connectivity index (χ0) is 19.8. The fourth-order valence-electron chi connectivity index (χ4n) is 3.37. The normalized spacial score (nSPS) is 15.2. The summed E-state index contributed by atoms with van der Waals surface area (Å²) in [7, 11) is 0. The molecule has 0 bridgehead atoms. The second-order valence-corrected chi connectivity index (χ2v) is 8.37. The Morgan fingerprint density at radius 2 is 1.93 bits per heavy atom. The smallest absolute Gasteiger partial charge is 0.287 e. The van der Waals surface area contributed by atoms with Crippen molar-refractivity contribution in [1.29, 1.82) is 0 Å². The molecule has 0 radical (unpaired) electrons. The van der Waals surface area contributed by atoms with Gasteiger partial charge in [0.2, 0.25) is 0 Å². The first kappa shape index (κ1) is 19.2. The number of aromatic amines is 1. The number of hydrogen-bond acceptors (Lipinski definition) is 3. The van der Waals surface area contributed by atoms with Gasteiger partial charge in [-0.15, -0.1) is 0 Å². The molecule has 0 unspecified atom stereocenters. The van der Waals surface area contributed by atoms with Gasteiger partial charge in [-0.05, 0) is 59.1 Å². The molecule has 146 valence electrons. The summed E-state index contributed by atoms with van der Waals surface area (Å²) in [6, 6.07) is 7.89. The maximum absolute atomic E-state index is 14.1. The van der Waals surface area contributed by atoms with Gasteiger partial charge in [0.05, 0.1) is 5.52 Å². The lowest BCUT2D eigenvalue weighted by atomic mass is 10.0. The number of carbonyl (C=O) groups is 2. The number of likely N-dealkylation sites (tertiary alicyclic amines) is 1. The highest BCUT2D eigenvalue weighted by Crippen LogP contribution is 2.25. The van der Waals surface area contributed by atoms with Crippen molar-refractivity contribution in [2.75, 3.05) is 13.1 Å². The molecule has 28 heavy (non-hydrogen) atoms. The number of piperidine rings is 1. The summed E-state index contributed by atoms with van der Waals surface area (Å²) in [6.45, 7) is 1.01. The van der Waals surface area contributed by atoms with E-state index >= 15 is 0 Å². The molecule has 1 aromatic carbocycles. The zero-order valence-electron chi connectivity index (χ0n) is 14.6. The van der Waals surface area contributed by atoms with E-state index in [2.05, 4.69) is 42.2 Å². The van der Waals surface area contributed by atoms with Crippen LogP contribution in [-0.2, 0) is 0 Å². The number of rotatable bonds is 3. The van der Waals surface area contributed by atoms with E-state index in [-0.39, 0.29) is 29.4 Å². The van der Waals surface area contributed by atoms with E-state index in [1.54, 1.807) is 29.2 Å². The monoisotopic (exact) mass is 511 g/mol. The largest absolute Gasteiger partial charge is 0.444 e. The van der Waals surface area contributed by atoms with Gasteiger partial charge in [-0.3, -0.25) is 9.59 Å². The van der Waals surface area contributed by atoms with Gasteiger partial charge in [0.15, 0.2) is 10.4 Å². The van der Waals surface area contributed by atoms with Crippen LogP contribution in [0, 0.1) is 5.82 Å². The van der Waals surface area contributed by atoms with Gasteiger partial charge in [-0.25, -0.2) is 4.39 Å². The molecule has 3 aromatic rings. The van der Waals surface area contributed by atoms with Gasteiger partial charge in [-0.2, -0.15) is 0 Å². The van der Waals surface area contributed by atoms with Gasteiger partial charge in [0.1, 0.15) is 11.5 Å². The molecule has 0 aliphatic carbocycles. The molecule has 1 aliphatic rings. The number of nitrogens with zero attached hydrogens (tertiary/aromatic N) is 1. The predicted octanol–water partition coefficient (Wildman–Crippen LogP) is 4.46. The number of hydrogen-bond donors (Lipinski definition) is 2. The summed E-state index contributed by atoms with van der Waals surface area (Å²) in [4.78, 5) is 29.6. The Morgan fingerprint density at radius 1 is 1.18 bits per heavy atom. The predicted molar refractivity (Wildman–Crippen MR) is 109 cm³/mol. The first-order valence-electron chi connectivity index (χ1n) is 8.74. The molecule has 4 rings (SSSR count). The van der Waals surface area contributed by atoms with Crippen LogP contribution < -0.4 is 5.32 Å². The van der Waals surface area contributed by atoms with Crippen molar-refractivity contribution >= 4 is 54.6 Å². The van der Waals surface area contributed by atoms with Gasteiger partial charge >= 0.3 is 0 Å². The topological polar surface area (TPSA) is 78.3 Å². The highest BCUT2D eigenvalue weighted by molar-refractivity contribution is 9.10. The average Bonchev–Trinajstić information content (AvgIpc) is 3.28. The standard InChI is InChI=1S/C19H16Br2FN3O3/c20-10-7-13(22)12-9-15(24-14(12)8-10)19(27)25-5-3-11(4-6-25)23-18(26)16-1-2-17(21)28-16/h1-2,7-9,11,24H,3-6H2,(H,23,26). The molecular weight excluding hydrogens is 497 g/mol. The van der Waals surface area contributed by atoms with Crippen LogP contribution in [0.1, 0.15) is 33.9 Å². The summed E-state index contributed by atoms with van der Waals surface area (Å²) in [5.41, 5.74) is 0.928. The van der Waals surface area contributed by atoms with Crippen LogP contribution in [0.3, 0.4) is 0 Å². The number of carbonyl (C=O) groups excluding carboxylic acids is 2. The van der Waals surface area contributed by atoms with E-state index in [4.69, 9.17) is 4.42 Å². The molecule has 0 saturated carbocycles. The van der Waals surface area contributed by atoms with Crippen molar-refractivity contribution in [3.8, 4) is 0 Å². The Labute approximate surface area is 176 Å². The molecule has 1 saturated heterocycles. The number of nitrogens with one attached hydrogen (secondary N) is 2. The lowest BCUT2D eigenvalue weighted by molar-refractivity contribution is 0.0691. The summed E-state index contributed by atoms with van der Waals surface area (Å²) >= 11 is 6.42. The van der Waals surface area contributed by atoms with Crippen molar-refractivity contribution in [2.45, 2.75) is 18.9 Å². The zero-order valence-corrected chi connectivity index (χ0v) is 17.8. The van der Waals surface area contributed by atoms with E-state index in [1.807, 2.05) is 0 Å². The number of furan rings is 1. The van der Waals surface area contributed by atoms with Crippen molar-refractivity contribution in [1.82, 2.24) is 15.2 Å². The molecule has 2 aromatic heterocycles. The van der Waals surface area contributed by atoms with Crippen LogP contribution in [-0.4, -0.2) is 40.8 Å². The van der Waals surface area contributed by atoms with Crippen LogP contribution >= 0.6 is 31.9 Å². The summed E-state index contributed by atoms with van der Waals surface area (Å²) in [6.07, 6.45) is 1.28. The van der Waals surface area contributed by atoms with Crippen LogP contribution in [0.2, 0.25) is 0 Å². The third kappa shape index (κ3) is 3.86. The van der Waals surface area contributed by atoms with Crippen molar-refractivity contribution in [3.63, 3.8) is 0 Å². The van der Waals surface area contributed by atoms with Crippen LogP contribution in [0.15, 0.2) is 43.9 Å². The minimum atomic E-state index is -0.384. The van der Waals surface area contributed by atoms with E-state index in [0.29, 0.717) is 51.7 Å². The van der Waals surface area contributed by atoms with Gasteiger partial charge in [0, 0.05) is 29.0 Å². The molecule has 1 aliphatic heterocycles. The number of amides is 2. The Hall–Kier alpha value is -2.13. The number of fused-ring (bicyclic) bond motifs is 1. The SMILES string of the molecule is O=C(NC1CCN(C(=O)c2cc3c(F)cc(Br)cc3[nH]2)CC1)c1ccc(Br)o1. The van der Waals surface area contributed by atoms with Gasteiger partial charge in [-0.1, -0.05) is 15.9 Å². The Bertz CT molecular complexity index is 1050. The Balaban J connectivity index is 1.39. The lowest BCUT2D eigenvalue weighted by Gasteiger charge is -2.32. The number of H-pyrrole nitrogens is 1. The second kappa shape index (κ2) is 7.71. The lowest BCUT2D eigenvalue weighted by Crippen LogP contribution is -2.46. The van der Waals surface area contributed by atoms with Crippen molar-refractivity contribution in [2.24, 2.45) is 0 Å². The summed E-state index contributed by atoms with van der Waals surface area (Å²) in [5.74, 6) is -0.582. The van der Waals surface area contributed by atoms with Crippen LogP contribution in [0.25, 0.3) is 10.9 Å². The van der Waals surface area contributed by atoms with Crippen molar-refractivity contribution < 1.29 is 18.4 Å². The molecule has 0 atom stereocenters. The van der Waals surface area contributed by atoms with E-state index in [1.165, 1.54) is 6.07 Å². The van der Waals surface area contributed by atoms with Gasteiger partial charge in [0.25, 0.3) is 11.8 Å². The maximum Gasteiger partial charge on any atom is 0.287 e. The second-order valence-electron chi connectivity index (χ2n) is 6.68. The number of benzene rings is 1. The minimum absolute atomic E-state index is 0.0310. The number of halogens is 3. The molecular formula is C19H16Br2FN3O3. The van der Waals surface area contributed by atoms with Crippen molar-refractivity contribution in [3.05, 3.63) is 56.7 Å². The number of aromatic nitrogens is 1. The van der Waals surface area contributed by atoms with E-state index in [9.17, 15) is 14.0 Å². The van der Waals surface area contributed by atoms with E-state index < -0.39 is 0 Å². The Kier molecular flexibility index (Phi) is 5.29. The third-order valence-corrected chi connectivity index (χ3v) is 5.68. The molecule has 2 amide bonds. The summed E-state index contributed by atoms with van der Waals surface area (Å²) in [5, 5.41) is 3.32. The summed E-state index contributed by atoms with van der Waals surface area (Å²) < 4.78 is 20.4. The molecule has 2 N–H and O–H groups in total. The molecule has 0 spiro atoms. The Morgan fingerprint density at radius 3 is 2.61 bits per heavy atom. The fraction of sp³-hybridized carbons (Fsp3) is 0.263. The van der Waals surface area contributed by atoms with Crippen LogP contribution in [0.4, 0.5) is 4.39 Å². The first-order chi connectivity index (χ1) is 13.4. The van der Waals surface area contributed by atoms with E-state index in [0.717, 1.165) is 0 Å². The third-order valence-electron chi connectivity index (χ3n) is 4.80. The van der Waals surface area contributed by atoms with Crippen LogP contribution in [0.5, 0.6) is 0 Å². The highest BCUT2D eigenvalue weighted by Gasteiger charge is 2.26. The average molecular weight is 513 g/mol. The fourth-order valence-corrected chi connectivity index (χ4v) is 4.10. The minimum Gasteiger partial charge on any atom is -0.444 e. The quantitative estimate of drug-likeness (QED) is 0.543. The first-order valence-corrected chi connectivity index (χ1v) is 10.3. The molecule has 6 nitrogen and oxygen atoms in total. The molecule has 3 heterocycles. The van der Waals surface area contributed by atoms with Gasteiger partial charge < -0.3 is 19.6 Å². The molecule has 9 heteroatoms. The molecule has 1 fully saturated rings.